The molecule has 0 unspecified atom stereocenters. The second-order valence-corrected chi connectivity index (χ2v) is 8.28. The third-order valence-corrected chi connectivity index (χ3v) is 5.93. The normalized spacial score (nSPS) is 17.3. The zero-order valence-corrected chi connectivity index (χ0v) is 16.0. The fourth-order valence-electron chi connectivity index (χ4n) is 3.88. The Morgan fingerprint density at radius 3 is 2.43 bits per heavy atom. The van der Waals surface area contributed by atoms with Crippen molar-refractivity contribution in [3.63, 3.8) is 0 Å². The summed E-state index contributed by atoms with van der Waals surface area (Å²) in [6.07, 6.45) is 2.63. The number of rotatable bonds is 2. The van der Waals surface area contributed by atoms with Gasteiger partial charge in [0.2, 0.25) is 0 Å². The molecular weight excluding hydrogens is 394 g/mol. The Balaban J connectivity index is 1.84. The second kappa shape index (κ2) is 6.13. The van der Waals surface area contributed by atoms with Crippen molar-refractivity contribution in [2.24, 2.45) is 5.92 Å². The highest BCUT2D eigenvalue weighted by molar-refractivity contribution is 14.1. The third kappa shape index (κ3) is 2.91. The molecule has 4 rings (SSSR count). The molecule has 0 spiro atoms. The van der Waals surface area contributed by atoms with Crippen molar-refractivity contribution < 1.29 is 0 Å². The molecule has 0 amide bonds. The van der Waals surface area contributed by atoms with Crippen LogP contribution < -0.4 is 5.46 Å². The van der Waals surface area contributed by atoms with Crippen LogP contribution in [0.2, 0.25) is 0 Å². The van der Waals surface area contributed by atoms with E-state index in [9.17, 15) is 0 Å². The molecule has 1 saturated heterocycles. The van der Waals surface area contributed by atoms with Gasteiger partial charge in [-0.3, -0.25) is 0 Å². The molecule has 1 fully saturated rings. The summed E-state index contributed by atoms with van der Waals surface area (Å²) in [5.41, 5.74) is 4.15. The Hall–Kier alpha value is -1.01. The maximum absolute atomic E-state index is 2.58. The van der Waals surface area contributed by atoms with Crippen molar-refractivity contribution in [1.29, 1.82) is 0 Å². The Labute approximate surface area is 152 Å². The van der Waals surface area contributed by atoms with Crippen LogP contribution in [0.5, 0.6) is 0 Å². The SMILES string of the molecule is Bc1ccc2c3ccc(I)cc3n(CC3CCN(C)CC3)c2c1. The van der Waals surface area contributed by atoms with Crippen LogP contribution in [0.15, 0.2) is 36.4 Å². The lowest BCUT2D eigenvalue weighted by Gasteiger charge is -2.29. The number of benzene rings is 2. The van der Waals surface area contributed by atoms with Gasteiger partial charge in [-0.15, -0.1) is 0 Å². The first-order valence-corrected chi connectivity index (χ1v) is 9.56. The predicted molar refractivity (Wildman–Crippen MR) is 111 cm³/mol. The average Bonchev–Trinajstić information content (AvgIpc) is 2.82. The molecule has 0 bridgehead atoms. The average molecular weight is 416 g/mol. The molecule has 1 aliphatic heterocycles. The summed E-state index contributed by atoms with van der Waals surface area (Å²) < 4.78 is 3.90. The molecular formula is C19H22BIN2. The minimum Gasteiger partial charge on any atom is -0.340 e. The minimum absolute atomic E-state index is 0.795. The summed E-state index contributed by atoms with van der Waals surface area (Å²) in [4.78, 5) is 2.45. The van der Waals surface area contributed by atoms with Crippen molar-refractivity contribution in [3.05, 3.63) is 40.0 Å². The molecule has 0 radical (unpaired) electrons. The lowest BCUT2D eigenvalue weighted by molar-refractivity contribution is 0.207. The van der Waals surface area contributed by atoms with E-state index in [1.54, 1.807) is 0 Å². The Morgan fingerprint density at radius 2 is 1.70 bits per heavy atom. The van der Waals surface area contributed by atoms with Crippen molar-refractivity contribution >= 4 is 57.7 Å². The molecule has 23 heavy (non-hydrogen) atoms. The van der Waals surface area contributed by atoms with E-state index < -0.39 is 0 Å². The van der Waals surface area contributed by atoms with Gasteiger partial charge in [-0.05, 0) is 79.7 Å². The summed E-state index contributed by atoms with van der Waals surface area (Å²) >= 11 is 2.43. The van der Waals surface area contributed by atoms with Crippen LogP contribution in [-0.4, -0.2) is 37.5 Å². The molecule has 4 heteroatoms. The monoisotopic (exact) mass is 416 g/mol. The zero-order chi connectivity index (χ0) is 16.0. The molecule has 0 N–H and O–H groups in total. The van der Waals surface area contributed by atoms with Crippen LogP contribution in [0, 0.1) is 9.49 Å². The fourth-order valence-corrected chi connectivity index (χ4v) is 4.35. The van der Waals surface area contributed by atoms with Crippen molar-refractivity contribution in [2.75, 3.05) is 20.1 Å². The molecule has 2 heterocycles. The number of fused-ring (bicyclic) bond motifs is 3. The molecule has 118 valence electrons. The van der Waals surface area contributed by atoms with Gasteiger partial charge in [0, 0.05) is 26.4 Å². The Kier molecular flexibility index (Phi) is 4.14. The van der Waals surface area contributed by atoms with E-state index in [4.69, 9.17) is 0 Å². The summed E-state index contributed by atoms with van der Waals surface area (Å²) in [5, 5.41) is 2.79. The standard InChI is InChI=1S/C19H22BIN2/c1-22-8-6-13(7-9-22)12-23-18-10-14(20)2-4-16(18)17-5-3-15(21)11-19(17)23/h2-5,10-11,13H,6-9,12,20H2,1H3. The van der Waals surface area contributed by atoms with Gasteiger partial charge >= 0.3 is 0 Å². The van der Waals surface area contributed by atoms with Gasteiger partial charge in [0.25, 0.3) is 0 Å². The number of hydrogen-bond acceptors (Lipinski definition) is 1. The summed E-state index contributed by atoms with van der Waals surface area (Å²) in [7, 11) is 4.43. The summed E-state index contributed by atoms with van der Waals surface area (Å²) in [6.45, 7) is 3.62. The first-order valence-electron chi connectivity index (χ1n) is 8.48. The van der Waals surface area contributed by atoms with Gasteiger partial charge in [-0.1, -0.05) is 23.7 Å². The number of halogens is 1. The number of piperidine rings is 1. The lowest BCUT2D eigenvalue weighted by Crippen LogP contribution is -2.31. The van der Waals surface area contributed by atoms with Crippen LogP contribution >= 0.6 is 22.6 Å². The molecule has 2 aromatic carbocycles. The highest BCUT2D eigenvalue weighted by Crippen LogP contribution is 2.31. The third-order valence-electron chi connectivity index (χ3n) is 5.26. The van der Waals surface area contributed by atoms with E-state index in [1.165, 1.54) is 56.8 Å². The van der Waals surface area contributed by atoms with Crippen LogP contribution in [0.1, 0.15) is 12.8 Å². The van der Waals surface area contributed by atoms with E-state index >= 15 is 0 Å². The van der Waals surface area contributed by atoms with Gasteiger partial charge in [-0.2, -0.15) is 0 Å². The smallest absolute Gasteiger partial charge is 0.139 e. The van der Waals surface area contributed by atoms with Gasteiger partial charge in [0.05, 0.1) is 5.52 Å². The Morgan fingerprint density at radius 1 is 1.04 bits per heavy atom. The van der Waals surface area contributed by atoms with Crippen LogP contribution in [0.3, 0.4) is 0 Å². The highest BCUT2D eigenvalue weighted by Gasteiger charge is 2.19. The van der Waals surface area contributed by atoms with E-state index in [1.807, 2.05) is 0 Å². The first kappa shape index (κ1) is 15.5. The topological polar surface area (TPSA) is 8.17 Å². The van der Waals surface area contributed by atoms with E-state index in [2.05, 4.69) is 83.4 Å². The maximum Gasteiger partial charge on any atom is 0.139 e. The zero-order valence-electron chi connectivity index (χ0n) is 13.8. The number of hydrogen-bond donors (Lipinski definition) is 0. The molecule has 3 aromatic rings. The molecule has 0 atom stereocenters. The van der Waals surface area contributed by atoms with E-state index in [0.717, 1.165) is 12.5 Å². The molecule has 1 aromatic heterocycles. The Bertz CT molecular complexity index is 803. The fraction of sp³-hybridized carbons (Fsp3) is 0.368. The largest absolute Gasteiger partial charge is 0.340 e. The van der Waals surface area contributed by atoms with Crippen LogP contribution in [-0.2, 0) is 6.54 Å². The van der Waals surface area contributed by atoms with Gasteiger partial charge in [0.15, 0.2) is 0 Å². The maximum atomic E-state index is 2.58. The first-order chi connectivity index (χ1) is 11.1. The molecule has 2 nitrogen and oxygen atoms in total. The van der Waals surface area contributed by atoms with Gasteiger partial charge < -0.3 is 9.47 Å². The highest BCUT2D eigenvalue weighted by atomic mass is 127. The predicted octanol–water partition coefficient (Wildman–Crippen LogP) is 3.00. The van der Waals surface area contributed by atoms with E-state index in [-0.39, 0.29) is 0 Å². The molecule has 0 saturated carbocycles. The second-order valence-electron chi connectivity index (χ2n) is 7.04. The van der Waals surface area contributed by atoms with Crippen molar-refractivity contribution in [2.45, 2.75) is 19.4 Å². The number of likely N-dealkylation sites (tertiary alicyclic amines) is 1. The molecule has 1 aliphatic rings. The van der Waals surface area contributed by atoms with Gasteiger partial charge in [-0.25, -0.2) is 0 Å². The van der Waals surface area contributed by atoms with Gasteiger partial charge in [0.1, 0.15) is 7.85 Å². The quantitative estimate of drug-likeness (QED) is 0.461. The number of nitrogens with zero attached hydrogens (tertiary/aromatic N) is 2. The summed E-state index contributed by atoms with van der Waals surface area (Å²) in [6, 6.07) is 13.8. The minimum atomic E-state index is 0.795. The lowest BCUT2D eigenvalue weighted by atomic mass is 9.94. The van der Waals surface area contributed by atoms with Crippen LogP contribution in [0.25, 0.3) is 21.8 Å². The van der Waals surface area contributed by atoms with Crippen LogP contribution in [0.4, 0.5) is 0 Å². The van der Waals surface area contributed by atoms with E-state index in [0.29, 0.717) is 0 Å². The molecule has 0 aliphatic carbocycles. The van der Waals surface area contributed by atoms with Crippen molar-refractivity contribution in [1.82, 2.24) is 9.47 Å². The van der Waals surface area contributed by atoms with Crippen molar-refractivity contribution in [3.8, 4) is 0 Å². The number of aromatic nitrogens is 1. The summed E-state index contributed by atoms with van der Waals surface area (Å²) in [5.74, 6) is 0.795.